The number of carbonyl (C=O) groups is 1. The summed E-state index contributed by atoms with van der Waals surface area (Å²) in [5.74, 6) is 0.515. The second kappa shape index (κ2) is 7.17. The Hall–Kier alpha value is -1.34. The lowest BCUT2D eigenvalue weighted by Gasteiger charge is -2.27. The zero-order valence-corrected chi connectivity index (χ0v) is 12.3. The van der Waals surface area contributed by atoms with Crippen LogP contribution in [0.2, 0.25) is 0 Å². The SMILES string of the molecule is CC(C)CN(CCC#N)c1ccc(C=O)cc1Br. The Morgan fingerprint density at radius 2 is 2.22 bits per heavy atom. The van der Waals surface area contributed by atoms with Gasteiger partial charge in [-0.25, -0.2) is 0 Å². The predicted octanol–water partition coefficient (Wildman–Crippen LogP) is 3.64. The standard InChI is InChI=1S/C14H17BrN2O/c1-11(2)9-17(7-3-6-16)14-5-4-12(10-18)8-13(14)15/h4-5,8,10-11H,3,7,9H2,1-2H3. The van der Waals surface area contributed by atoms with E-state index in [-0.39, 0.29) is 0 Å². The van der Waals surface area contributed by atoms with Crippen LogP contribution in [0.3, 0.4) is 0 Å². The number of halogens is 1. The molecule has 0 N–H and O–H groups in total. The number of aldehydes is 1. The van der Waals surface area contributed by atoms with E-state index in [9.17, 15) is 4.79 Å². The zero-order chi connectivity index (χ0) is 13.5. The summed E-state index contributed by atoms with van der Waals surface area (Å²) < 4.78 is 0.894. The molecule has 0 bridgehead atoms. The summed E-state index contributed by atoms with van der Waals surface area (Å²) in [6, 6.07) is 7.70. The van der Waals surface area contributed by atoms with Crippen molar-refractivity contribution in [3.05, 3.63) is 28.2 Å². The second-order valence-electron chi connectivity index (χ2n) is 4.58. The number of anilines is 1. The fraction of sp³-hybridized carbons (Fsp3) is 0.429. The Balaban J connectivity index is 2.97. The van der Waals surface area contributed by atoms with Gasteiger partial charge in [-0.2, -0.15) is 5.26 Å². The van der Waals surface area contributed by atoms with Crippen LogP contribution in [0.1, 0.15) is 30.6 Å². The molecule has 0 fully saturated rings. The molecule has 0 radical (unpaired) electrons. The third-order valence-corrected chi connectivity index (χ3v) is 3.16. The van der Waals surface area contributed by atoms with Crippen molar-refractivity contribution in [1.29, 1.82) is 5.26 Å². The van der Waals surface area contributed by atoms with E-state index in [0.717, 1.165) is 23.0 Å². The maximum atomic E-state index is 10.7. The Bertz CT molecular complexity index is 452. The number of hydrogen-bond acceptors (Lipinski definition) is 3. The van der Waals surface area contributed by atoms with E-state index in [0.29, 0.717) is 24.4 Å². The van der Waals surface area contributed by atoms with Gasteiger partial charge in [0.15, 0.2) is 0 Å². The molecule has 0 atom stereocenters. The van der Waals surface area contributed by atoms with E-state index in [1.165, 1.54) is 0 Å². The largest absolute Gasteiger partial charge is 0.369 e. The van der Waals surface area contributed by atoms with Gasteiger partial charge in [0.05, 0.1) is 18.2 Å². The van der Waals surface area contributed by atoms with E-state index in [1.807, 2.05) is 12.1 Å². The van der Waals surface area contributed by atoms with Crippen LogP contribution in [-0.4, -0.2) is 19.4 Å². The Morgan fingerprint density at radius 1 is 1.50 bits per heavy atom. The van der Waals surface area contributed by atoms with Crippen molar-refractivity contribution in [2.75, 3.05) is 18.0 Å². The van der Waals surface area contributed by atoms with Crippen LogP contribution in [0.5, 0.6) is 0 Å². The minimum atomic E-state index is 0.495. The number of nitriles is 1. The first-order chi connectivity index (χ1) is 8.58. The first kappa shape index (κ1) is 14.7. The first-order valence-electron chi connectivity index (χ1n) is 5.95. The summed E-state index contributed by atoms with van der Waals surface area (Å²) in [5.41, 5.74) is 1.68. The predicted molar refractivity (Wildman–Crippen MR) is 76.8 cm³/mol. The van der Waals surface area contributed by atoms with Crippen LogP contribution in [0, 0.1) is 17.2 Å². The molecule has 0 aliphatic heterocycles. The molecule has 0 heterocycles. The number of rotatable bonds is 6. The van der Waals surface area contributed by atoms with Crippen molar-refractivity contribution in [3.8, 4) is 6.07 Å². The quantitative estimate of drug-likeness (QED) is 0.754. The van der Waals surface area contributed by atoms with Gasteiger partial charge in [0.25, 0.3) is 0 Å². The van der Waals surface area contributed by atoms with E-state index in [1.54, 1.807) is 6.07 Å². The topological polar surface area (TPSA) is 44.1 Å². The summed E-state index contributed by atoms with van der Waals surface area (Å²) in [6.07, 6.45) is 1.32. The van der Waals surface area contributed by atoms with Crippen LogP contribution in [-0.2, 0) is 0 Å². The van der Waals surface area contributed by atoms with Gasteiger partial charge in [-0.05, 0) is 40.0 Å². The van der Waals surface area contributed by atoms with Crippen molar-refractivity contribution >= 4 is 27.9 Å². The molecule has 18 heavy (non-hydrogen) atoms. The fourth-order valence-corrected chi connectivity index (χ4v) is 2.44. The van der Waals surface area contributed by atoms with Gasteiger partial charge in [0.2, 0.25) is 0 Å². The molecule has 4 heteroatoms. The molecule has 0 saturated carbocycles. The highest BCUT2D eigenvalue weighted by molar-refractivity contribution is 9.10. The molecule has 0 aliphatic carbocycles. The summed E-state index contributed by atoms with van der Waals surface area (Å²) >= 11 is 3.49. The number of hydrogen-bond donors (Lipinski definition) is 0. The molecule has 0 unspecified atom stereocenters. The van der Waals surface area contributed by atoms with Crippen molar-refractivity contribution in [1.82, 2.24) is 0 Å². The lowest BCUT2D eigenvalue weighted by atomic mass is 10.1. The van der Waals surface area contributed by atoms with Crippen LogP contribution >= 0.6 is 15.9 Å². The smallest absolute Gasteiger partial charge is 0.150 e. The van der Waals surface area contributed by atoms with Crippen molar-refractivity contribution in [2.45, 2.75) is 20.3 Å². The summed E-state index contributed by atoms with van der Waals surface area (Å²) in [5, 5.41) is 8.71. The lowest BCUT2D eigenvalue weighted by molar-refractivity contribution is 0.112. The third-order valence-electron chi connectivity index (χ3n) is 2.53. The molecule has 0 spiro atoms. The second-order valence-corrected chi connectivity index (χ2v) is 5.43. The highest BCUT2D eigenvalue weighted by Crippen LogP contribution is 2.27. The Labute approximate surface area is 117 Å². The van der Waals surface area contributed by atoms with E-state index < -0.39 is 0 Å². The number of nitrogens with zero attached hydrogens (tertiary/aromatic N) is 2. The molecule has 0 aliphatic rings. The lowest BCUT2D eigenvalue weighted by Crippen LogP contribution is -2.28. The molecule has 0 amide bonds. The summed E-state index contributed by atoms with van der Waals surface area (Å²) in [4.78, 5) is 12.9. The molecule has 1 aromatic carbocycles. The Morgan fingerprint density at radius 3 is 2.72 bits per heavy atom. The highest BCUT2D eigenvalue weighted by Gasteiger charge is 2.12. The van der Waals surface area contributed by atoms with E-state index in [4.69, 9.17) is 5.26 Å². The maximum absolute atomic E-state index is 10.7. The number of benzene rings is 1. The van der Waals surface area contributed by atoms with Gasteiger partial charge in [-0.3, -0.25) is 4.79 Å². The molecule has 0 aromatic heterocycles. The monoisotopic (exact) mass is 308 g/mol. The maximum Gasteiger partial charge on any atom is 0.150 e. The minimum absolute atomic E-state index is 0.495. The van der Waals surface area contributed by atoms with Gasteiger partial charge in [-0.15, -0.1) is 0 Å². The normalized spacial score (nSPS) is 10.2. The van der Waals surface area contributed by atoms with Gasteiger partial charge < -0.3 is 4.90 Å². The molecule has 1 rings (SSSR count). The molecular weight excluding hydrogens is 292 g/mol. The molecule has 0 saturated heterocycles. The van der Waals surface area contributed by atoms with Crippen molar-refractivity contribution in [3.63, 3.8) is 0 Å². The molecule has 96 valence electrons. The Kier molecular flexibility index (Phi) is 5.87. The molecule has 1 aromatic rings. The van der Waals surface area contributed by atoms with Crippen molar-refractivity contribution in [2.24, 2.45) is 5.92 Å². The molecule has 3 nitrogen and oxygen atoms in total. The zero-order valence-electron chi connectivity index (χ0n) is 10.7. The van der Waals surface area contributed by atoms with Crippen LogP contribution in [0.15, 0.2) is 22.7 Å². The van der Waals surface area contributed by atoms with E-state index >= 15 is 0 Å². The van der Waals surface area contributed by atoms with Gasteiger partial charge in [0, 0.05) is 23.1 Å². The van der Waals surface area contributed by atoms with Crippen LogP contribution in [0.25, 0.3) is 0 Å². The van der Waals surface area contributed by atoms with Gasteiger partial charge in [0.1, 0.15) is 6.29 Å². The summed E-state index contributed by atoms with van der Waals surface area (Å²) in [7, 11) is 0. The highest BCUT2D eigenvalue weighted by atomic mass is 79.9. The average Bonchev–Trinajstić information content (AvgIpc) is 2.34. The average molecular weight is 309 g/mol. The van der Waals surface area contributed by atoms with Crippen LogP contribution < -0.4 is 4.90 Å². The van der Waals surface area contributed by atoms with Crippen molar-refractivity contribution < 1.29 is 4.79 Å². The fourth-order valence-electron chi connectivity index (χ4n) is 1.79. The van der Waals surface area contributed by atoms with E-state index in [2.05, 4.69) is 40.7 Å². The minimum Gasteiger partial charge on any atom is -0.369 e. The number of carbonyl (C=O) groups excluding carboxylic acids is 1. The van der Waals surface area contributed by atoms with Gasteiger partial charge >= 0.3 is 0 Å². The summed E-state index contributed by atoms with van der Waals surface area (Å²) in [6.45, 7) is 5.88. The van der Waals surface area contributed by atoms with Gasteiger partial charge in [-0.1, -0.05) is 13.8 Å². The third kappa shape index (κ3) is 4.15. The molecular formula is C14H17BrN2O. The van der Waals surface area contributed by atoms with Crippen LogP contribution in [0.4, 0.5) is 5.69 Å². The first-order valence-corrected chi connectivity index (χ1v) is 6.74.